The molecule has 0 N–H and O–H groups in total. The van der Waals surface area contributed by atoms with E-state index < -0.39 is 11.7 Å². The third-order valence-corrected chi connectivity index (χ3v) is 4.64. The van der Waals surface area contributed by atoms with Gasteiger partial charge >= 0.3 is 6.18 Å². The first-order valence-electron chi connectivity index (χ1n) is 8.88. The molecule has 1 aromatic carbocycles. The Morgan fingerprint density at radius 3 is 2.24 bits per heavy atom. The first kappa shape index (κ1) is 19.9. The summed E-state index contributed by atoms with van der Waals surface area (Å²) in [4.78, 5) is 16.5. The lowest BCUT2D eigenvalue weighted by Crippen LogP contribution is -2.45. The second-order valence-electron chi connectivity index (χ2n) is 7.10. The van der Waals surface area contributed by atoms with Crippen molar-refractivity contribution in [2.24, 2.45) is 5.92 Å². The van der Waals surface area contributed by atoms with E-state index in [-0.39, 0.29) is 35.8 Å². The maximum atomic E-state index is 13.5. The van der Waals surface area contributed by atoms with Gasteiger partial charge in [0.1, 0.15) is 0 Å². The van der Waals surface area contributed by atoms with Crippen LogP contribution in [0.4, 0.5) is 13.2 Å². The summed E-state index contributed by atoms with van der Waals surface area (Å²) >= 11 is 0. The molecule has 140 valence electrons. The Labute approximate surface area is 147 Å². The Morgan fingerprint density at radius 1 is 1.12 bits per heavy atom. The van der Waals surface area contributed by atoms with Crippen molar-refractivity contribution >= 4 is 5.78 Å². The molecule has 0 unspecified atom stereocenters. The number of likely N-dealkylation sites (N-methyl/N-ethyl adjacent to an activating group) is 1. The minimum absolute atomic E-state index is 0.122. The number of nitrogens with zero attached hydrogens (tertiary/aromatic N) is 2. The van der Waals surface area contributed by atoms with Gasteiger partial charge in [0.25, 0.3) is 0 Å². The highest BCUT2D eigenvalue weighted by molar-refractivity contribution is 5.96. The summed E-state index contributed by atoms with van der Waals surface area (Å²) in [5.74, 6) is -0.111. The molecule has 0 atom stereocenters. The summed E-state index contributed by atoms with van der Waals surface area (Å²) in [5, 5.41) is 0. The lowest BCUT2D eigenvalue weighted by atomic mass is 9.96. The number of benzene rings is 1. The van der Waals surface area contributed by atoms with Crippen LogP contribution in [0.15, 0.2) is 18.2 Å². The van der Waals surface area contributed by atoms with E-state index in [0.29, 0.717) is 0 Å². The molecule has 0 saturated carbocycles. The Kier molecular flexibility index (Phi) is 6.63. The molecule has 25 heavy (non-hydrogen) atoms. The first-order chi connectivity index (χ1) is 11.7. The van der Waals surface area contributed by atoms with Gasteiger partial charge in [-0.3, -0.25) is 9.69 Å². The molecule has 0 amide bonds. The summed E-state index contributed by atoms with van der Waals surface area (Å²) < 4.78 is 40.5. The van der Waals surface area contributed by atoms with Gasteiger partial charge in [0.15, 0.2) is 5.78 Å². The van der Waals surface area contributed by atoms with Crippen molar-refractivity contribution in [1.82, 2.24) is 9.80 Å². The number of piperazine rings is 1. The number of rotatable bonds is 6. The largest absolute Gasteiger partial charge is 0.416 e. The molecule has 1 aromatic rings. The molecule has 1 aliphatic heterocycles. The van der Waals surface area contributed by atoms with E-state index in [9.17, 15) is 18.0 Å². The fourth-order valence-corrected chi connectivity index (χ4v) is 3.14. The van der Waals surface area contributed by atoms with Crippen molar-refractivity contribution in [3.05, 3.63) is 34.9 Å². The van der Waals surface area contributed by atoms with Crippen molar-refractivity contribution in [1.29, 1.82) is 0 Å². The van der Waals surface area contributed by atoms with E-state index in [1.54, 1.807) is 0 Å². The van der Waals surface area contributed by atoms with E-state index in [4.69, 9.17) is 0 Å². The molecule has 0 radical (unpaired) electrons. The highest BCUT2D eigenvalue weighted by atomic mass is 19.4. The molecule has 0 aromatic heterocycles. The Morgan fingerprint density at radius 2 is 1.72 bits per heavy atom. The summed E-state index contributed by atoms with van der Waals surface area (Å²) in [6.45, 7) is 10.4. The smallest absolute Gasteiger partial charge is 0.301 e. The molecule has 3 nitrogen and oxygen atoms in total. The zero-order valence-electron chi connectivity index (χ0n) is 15.2. The van der Waals surface area contributed by atoms with Crippen molar-refractivity contribution < 1.29 is 18.0 Å². The first-order valence-corrected chi connectivity index (χ1v) is 8.88. The van der Waals surface area contributed by atoms with Gasteiger partial charge < -0.3 is 4.90 Å². The zero-order chi connectivity index (χ0) is 18.6. The molecule has 0 bridgehead atoms. The van der Waals surface area contributed by atoms with E-state index >= 15 is 0 Å². The minimum Gasteiger partial charge on any atom is -0.301 e. The van der Waals surface area contributed by atoms with Gasteiger partial charge in [-0.05, 0) is 24.1 Å². The standard InChI is InChI=1S/C19H27F3N2O/c1-4-23-7-9-24(10-8-23)13-16-6-5-15(18(25)11-14(2)3)12-17(16)19(20,21)22/h5-6,12,14H,4,7-11,13H2,1-3H3. The molecule has 1 fully saturated rings. The van der Waals surface area contributed by atoms with Crippen molar-refractivity contribution in [2.45, 2.75) is 39.9 Å². The van der Waals surface area contributed by atoms with Crippen LogP contribution in [0.5, 0.6) is 0 Å². The number of Topliss-reactive ketones (excluding diaryl/α,β-unsaturated/α-hetero) is 1. The number of hydrogen-bond acceptors (Lipinski definition) is 3. The van der Waals surface area contributed by atoms with E-state index in [1.165, 1.54) is 12.1 Å². The number of carbonyl (C=O) groups is 1. The second kappa shape index (κ2) is 8.32. The molecule has 1 aliphatic rings. The Bertz CT molecular complexity index is 591. The predicted octanol–water partition coefficient (Wildman–Crippen LogP) is 4.07. The van der Waals surface area contributed by atoms with Gasteiger partial charge in [0, 0.05) is 44.7 Å². The maximum Gasteiger partial charge on any atom is 0.416 e. The van der Waals surface area contributed by atoms with Crippen LogP contribution < -0.4 is 0 Å². The van der Waals surface area contributed by atoms with Crippen LogP contribution in [0.25, 0.3) is 0 Å². The topological polar surface area (TPSA) is 23.6 Å². The SMILES string of the molecule is CCN1CCN(Cc2ccc(C(=O)CC(C)C)cc2C(F)(F)F)CC1. The van der Waals surface area contributed by atoms with Crippen molar-refractivity contribution in [3.8, 4) is 0 Å². The van der Waals surface area contributed by atoms with Crippen molar-refractivity contribution in [3.63, 3.8) is 0 Å². The maximum absolute atomic E-state index is 13.5. The fraction of sp³-hybridized carbons (Fsp3) is 0.632. The van der Waals surface area contributed by atoms with E-state index in [2.05, 4.69) is 11.8 Å². The summed E-state index contributed by atoms with van der Waals surface area (Å²) in [5.41, 5.74) is -0.279. The molecular weight excluding hydrogens is 329 g/mol. The summed E-state index contributed by atoms with van der Waals surface area (Å²) in [7, 11) is 0. The van der Waals surface area contributed by atoms with Gasteiger partial charge in [-0.15, -0.1) is 0 Å². The Balaban J connectivity index is 2.19. The normalized spacial score (nSPS) is 17.2. The third kappa shape index (κ3) is 5.54. The zero-order valence-corrected chi connectivity index (χ0v) is 15.2. The number of alkyl halides is 3. The molecule has 1 heterocycles. The van der Waals surface area contributed by atoms with Crippen LogP contribution in [0, 0.1) is 5.92 Å². The number of halogens is 3. The van der Waals surface area contributed by atoms with Gasteiger partial charge in [0.05, 0.1) is 5.56 Å². The van der Waals surface area contributed by atoms with Crippen LogP contribution >= 0.6 is 0 Å². The minimum atomic E-state index is -4.45. The molecule has 0 aliphatic carbocycles. The highest BCUT2D eigenvalue weighted by Crippen LogP contribution is 2.34. The molecule has 1 saturated heterocycles. The molecular formula is C19H27F3N2O. The molecule has 6 heteroatoms. The number of hydrogen-bond donors (Lipinski definition) is 0. The third-order valence-electron chi connectivity index (χ3n) is 4.64. The average molecular weight is 356 g/mol. The summed E-state index contributed by atoms with van der Waals surface area (Å²) in [6, 6.07) is 4.04. The predicted molar refractivity (Wildman–Crippen MR) is 92.6 cm³/mol. The van der Waals surface area contributed by atoms with Gasteiger partial charge in [-0.1, -0.05) is 32.9 Å². The Hall–Kier alpha value is -1.40. The average Bonchev–Trinajstić information content (AvgIpc) is 2.54. The highest BCUT2D eigenvalue weighted by Gasteiger charge is 2.34. The van der Waals surface area contributed by atoms with E-state index in [1.807, 2.05) is 18.7 Å². The van der Waals surface area contributed by atoms with Gasteiger partial charge in [-0.25, -0.2) is 0 Å². The lowest BCUT2D eigenvalue weighted by molar-refractivity contribution is -0.138. The number of ketones is 1. The quantitative estimate of drug-likeness (QED) is 0.718. The molecule has 0 spiro atoms. The van der Waals surface area contributed by atoms with E-state index in [0.717, 1.165) is 38.8 Å². The number of carbonyl (C=O) groups excluding carboxylic acids is 1. The summed E-state index contributed by atoms with van der Waals surface area (Å²) in [6.07, 6.45) is -4.19. The van der Waals surface area contributed by atoms with Crippen LogP contribution in [-0.4, -0.2) is 48.3 Å². The fourth-order valence-electron chi connectivity index (χ4n) is 3.14. The second-order valence-corrected chi connectivity index (χ2v) is 7.10. The van der Waals surface area contributed by atoms with Gasteiger partial charge in [0.2, 0.25) is 0 Å². The van der Waals surface area contributed by atoms with Crippen LogP contribution in [0.3, 0.4) is 0 Å². The van der Waals surface area contributed by atoms with Gasteiger partial charge in [-0.2, -0.15) is 13.2 Å². The van der Waals surface area contributed by atoms with Crippen LogP contribution in [0.2, 0.25) is 0 Å². The van der Waals surface area contributed by atoms with Crippen molar-refractivity contribution in [2.75, 3.05) is 32.7 Å². The molecule has 2 rings (SSSR count). The monoisotopic (exact) mass is 356 g/mol. The lowest BCUT2D eigenvalue weighted by Gasteiger charge is -2.34. The van der Waals surface area contributed by atoms with Crippen LogP contribution in [0.1, 0.15) is 48.7 Å². The van der Waals surface area contributed by atoms with Crippen LogP contribution in [-0.2, 0) is 12.7 Å².